The molecule has 0 saturated carbocycles. The van der Waals surface area contributed by atoms with E-state index in [4.69, 9.17) is 0 Å². The topological polar surface area (TPSA) is 3.24 Å². The van der Waals surface area contributed by atoms with Crippen LogP contribution < -0.4 is 4.90 Å². The Hall–Kier alpha value is -2.19. The smallest absolute Gasteiger partial charge is 0.0462 e. The summed E-state index contributed by atoms with van der Waals surface area (Å²) in [4.78, 5) is 3.61. The van der Waals surface area contributed by atoms with E-state index in [0.29, 0.717) is 0 Å². The Morgan fingerprint density at radius 1 is 0.517 bits per heavy atom. The van der Waals surface area contributed by atoms with Gasteiger partial charge in [0.15, 0.2) is 0 Å². The number of thioether (sulfide) groups is 1. The molecule has 0 atom stereocenters. The van der Waals surface area contributed by atoms with Gasteiger partial charge in [0.05, 0.1) is 0 Å². The molecule has 0 unspecified atom stereocenters. The number of nitrogens with zero attached hydrogens (tertiary/aromatic N) is 1. The summed E-state index contributed by atoms with van der Waals surface area (Å²) in [6.07, 6.45) is 2.11. The lowest BCUT2D eigenvalue weighted by molar-refractivity contribution is 0.590. The van der Waals surface area contributed by atoms with Crippen molar-refractivity contribution in [1.29, 1.82) is 0 Å². The molecule has 2 heteroatoms. The molecule has 0 saturated heterocycles. The molecule has 0 heterocycles. The van der Waals surface area contributed by atoms with Crippen molar-refractivity contribution in [2.45, 2.75) is 57.3 Å². The third-order valence-electron chi connectivity index (χ3n) is 5.31. The Bertz CT molecular complexity index is 867. The van der Waals surface area contributed by atoms with E-state index in [0.717, 1.165) is 0 Å². The number of benzene rings is 3. The first-order chi connectivity index (χ1) is 13.6. The number of hydrogen-bond donors (Lipinski definition) is 0. The van der Waals surface area contributed by atoms with Crippen molar-refractivity contribution in [3.8, 4) is 0 Å². The number of rotatable bonds is 4. The molecule has 3 aromatic rings. The van der Waals surface area contributed by atoms with Crippen molar-refractivity contribution in [1.82, 2.24) is 0 Å². The molecule has 0 fully saturated rings. The third kappa shape index (κ3) is 5.05. The van der Waals surface area contributed by atoms with E-state index in [1.807, 2.05) is 0 Å². The van der Waals surface area contributed by atoms with Crippen molar-refractivity contribution in [2.24, 2.45) is 0 Å². The zero-order valence-corrected chi connectivity index (χ0v) is 19.6. The maximum Gasteiger partial charge on any atom is 0.0462 e. The second kappa shape index (κ2) is 8.28. The zero-order chi connectivity index (χ0) is 21.2. The summed E-state index contributed by atoms with van der Waals surface area (Å²) >= 11 is 1.77. The minimum atomic E-state index is 0.151. The summed E-state index contributed by atoms with van der Waals surface area (Å²) in [6, 6.07) is 26.8. The maximum atomic E-state index is 2.34. The first-order valence-electron chi connectivity index (χ1n) is 10.2. The SMILES string of the molecule is CSc1ccc(N(c2ccc(C(C)(C)C)cc2)c2ccc(C(C)(C)C)cc2)cc1. The predicted octanol–water partition coefficient (Wildman–Crippen LogP) is 8.47. The fourth-order valence-electron chi connectivity index (χ4n) is 3.40. The highest BCUT2D eigenvalue weighted by atomic mass is 32.2. The van der Waals surface area contributed by atoms with Gasteiger partial charge in [-0.1, -0.05) is 65.8 Å². The van der Waals surface area contributed by atoms with Gasteiger partial charge in [0, 0.05) is 22.0 Å². The molecule has 0 aliphatic carbocycles. The van der Waals surface area contributed by atoms with Crippen LogP contribution in [0.15, 0.2) is 77.7 Å². The van der Waals surface area contributed by atoms with E-state index in [1.54, 1.807) is 11.8 Å². The van der Waals surface area contributed by atoms with Gasteiger partial charge in [-0.15, -0.1) is 11.8 Å². The normalized spacial score (nSPS) is 12.1. The molecule has 0 amide bonds. The van der Waals surface area contributed by atoms with E-state index in [2.05, 4.69) is 125 Å². The van der Waals surface area contributed by atoms with Gasteiger partial charge in [0.25, 0.3) is 0 Å². The van der Waals surface area contributed by atoms with Crippen LogP contribution in [0.3, 0.4) is 0 Å². The summed E-state index contributed by atoms with van der Waals surface area (Å²) in [5.74, 6) is 0. The first kappa shape index (κ1) is 21.5. The van der Waals surface area contributed by atoms with Gasteiger partial charge in [-0.05, 0) is 76.7 Å². The summed E-state index contributed by atoms with van der Waals surface area (Å²) < 4.78 is 0. The summed E-state index contributed by atoms with van der Waals surface area (Å²) in [5, 5.41) is 0. The standard InChI is InChI=1S/C27H33NS/c1-26(2,3)20-8-12-22(13-9-20)28(24-16-18-25(29-7)19-17-24)23-14-10-21(11-15-23)27(4,5)6/h8-19H,1-7H3. The van der Waals surface area contributed by atoms with Gasteiger partial charge in [-0.25, -0.2) is 0 Å². The number of hydrogen-bond acceptors (Lipinski definition) is 2. The average Bonchev–Trinajstić information content (AvgIpc) is 2.68. The van der Waals surface area contributed by atoms with Gasteiger partial charge in [0.2, 0.25) is 0 Å². The Labute approximate surface area is 181 Å². The van der Waals surface area contributed by atoms with Gasteiger partial charge < -0.3 is 4.90 Å². The Morgan fingerprint density at radius 2 is 0.828 bits per heavy atom. The van der Waals surface area contributed by atoms with Gasteiger partial charge >= 0.3 is 0 Å². The van der Waals surface area contributed by atoms with Gasteiger partial charge in [-0.2, -0.15) is 0 Å². The summed E-state index contributed by atoms with van der Waals surface area (Å²) in [7, 11) is 0. The van der Waals surface area contributed by atoms with Gasteiger partial charge in [-0.3, -0.25) is 0 Å². The molecule has 0 aliphatic heterocycles. The molecular formula is C27H33NS. The highest BCUT2D eigenvalue weighted by molar-refractivity contribution is 7.98. The summed E-state index contributed by atoms with van der Waals surface area (Å²) in [5.41, 5.74) is 6.53. The molecule has 0 N–H and O–H groups in total. The molecule has 152 valence electrons. The maximum absolute atomic E-state index is 2.34. The molecule has 29 heavy (non-hydrogen) atoms. The monoisotopic (exact) mass is 403 g/mol. The summed E-state index contributed by atoms with van der Waals surface area (Å²) in [6.45, 7) is 13.5. The Morgan fingerprint density at radius 3 is 1.10 bits per heavy atom. The molecular weight excluding hydrogens is 370 g/mol. The van der Waals surface area contributed by atoms with Crippen molar-refractivity contribution in [3.05, 3.63) is 83.9 Å². The lowest BCUT2D eigenvalue weighted by atomic mass is 9.86. The first-order valence-corrected chi connectivity index (χ1v) is 11.5. The van der Waals surface area contributed by atoms with Crippen molar-refractivity contribution >= 4 is 28.8 Å². The molecule has 0 radical (unpaired) electrons. The quantitative estimate of drug-likeness (QED) is 0.402. The van der Waals surface area contributed by atoms with E-state index < -0.39 is 0 Å². The predicted molar refractivity (Wildman–Crippen MR) is 130 cm³/mol. The number of anilines is 3. The molecule has 0 aromatic heterocycles. The fourth-order valence-corrected chi connectivity index (χ4v) is 3.81. The van der Waals surface area contributed by atoms with Crippen LogP contribution in [-0.4, -0.2) is 6.26 Å². The third-order valence-corrected chi connectivity index (χ3v) is 6.06. The van der Waals surface area contributed by atoms with Crippen LogP contribution >= 0.6 is 11.8 Å². The highest BCUT2D eigenvalue weighted by Crippen LogP contribution is 2.37. The van der Waals surface area contributed by atoms with E-state index in [9.17, 15) is 0 Å². The van der Waals surface area contributed by atoms with Crippen LogP contribution in [0.1, 0.15) is 52.7 Å². The minimum Gasteiger partial charge on any atom is -0.311 e. The van der Waals surface area contributed by atoms with Crippen LogP contribution in [-0.2, 0) is 10.8 Å². The fraction of sp³-hybridized carbons (Fsp3) is 0.333. The van der Waals surface area contributed by atoms with Crippen LogP contribution in [0.2, 0.25) is 0 Å². The molecule has 0 aliphatic rings. The molecule has 1 nitrogen and oxygen atoms in total. The zero-order valence-electron chi connectivity index (χ0n) is 18.8. The lowest BCUT2D eigenvalue weighted by Gasteiger charge is -2.28. The van der Waals surface area contributed by atoms with Crippen molar-refractivity contribution < 1.29 is 0 Å². The lowest BCUT2D eigenvalue weighted by Crippen LogP contribution is -2.14. The highest BCUT2D eigenvalue weighted by Gasteiger charge is 2.18. The molecule has 3 aromatic carbocycles. The van der Waals surface area contributed by atoms with E-state index in [-0.39, 0.29) is 10.8 Å². The Kier molecular flexibility index (Phi) is 6.14. The molecule has 3 rings (SSSR count). The average molecular weight is 404 g/mol. The second-order valence-electron chi connectivity index (χ2n) is 9.63. The van der Waals surface area contributed by atoms with Crippen molar-refractivity contribution in [3.63, 3.8) is 0 Å². The van der Waals surface area contributed by atoms with Crippen LogP contribution in [0.5, 0.6) is 0 Å². The van der Waals surface area contributed by atoms with Crippen molar-refractivity contribution in [2.75, 3.05) is 11.2 Å². The minimum absolute atomic E-state index is 0.151. The van der Waals surface area contributed by atoms with Gasteiger partial charge in [0.1, 0.15) is 0 Å². The van der Waals surface area contributed by atoms with E-state index >= 15 is 0 Å². The second-order valence-corrected chi connectivity index (χ2v) is 10.5. The largest absolute Gasteiger partial charge is 0.311 e. The molecule has 0 spiro atoms. The van der Waals surface area contributed by atoms with E-state index in [1.165, 1.54) is 33.1 Å². The van der Waals surface area contributed by atoms with Crippen LogP contribution in [0, 0.1) is 0 Å². The molecule has 0 bridgehead atoms. The Balaban J connectivity index is 2.06. The van der Waals surface area contributed by atoms with Crippen LogP contribution in [0.4, 0.5) is 17.1 Å². The van der Waals surface area contributed by atoms with Crippen LogP contribution in [0.25, 0.3) is 0 Å².